The van der Waals surface area contributed by atoms with Gasteiger partial charge in [-0.15, -0.1) is 0 Å². The van der Waals surface area contributed by atoms with Gasteiger partial charge in [0.15, 0.2) is 5.79 Å². The van der Waals surface area contributed by atoms with E-state index in [1.165, 1.54) is 12.1 Å². The van der Waals surface area contributed by atoms with Crippen LogP contribution in [-0.2, 0) is 14.3 Å². The molecule has 1 aromatic carbocycles. The first-order chi connectivity index (χ1) is 16.5. The van der Waals surface area contributed by atoms with Crippen molar-refractivity contribution in [1.29, 1.82) is 0 Å². The number of carbonyl (C=O) groups excluding carboxylic acids is 2. The van der Waals surface area contributed by atoms with Crippen LogP contribution in [0.3, 0.4) is 0 Å². The summed E-state index contributed by atoms with van der Waals surface area (Å²) >= 11 is 0. The molecule has 4 heterocycles. The smallest absolute Gasteiger partial charge is 0.257 e. The number of likely N-dealkylation sites (tertiary alicyclic amines) is 1. The quantitative estimate of drug-likeness (QED) is 0.685. The number of nitrogens with zero attached hydrogens (tertiary/aromatic N) is 3. The molecule has 1 spiro atoms. The average Bonchev–Trinajstić information content (AvgIpc) is 3.63. The molecule has 0 atom stereocenters. The van der Waals surface area contributed by atoms with Gasteiger partial charge in [0.05, 0.1) is 30.0 Å². The van der Waals surface area contributed by atoms with Crippen LogP contribution >= 0.6 is 0 Å². The number of halogens is 1. The van der Waals surface area contributed by atoms with Crippen LogP contribution in [0.1, 0.15) is 48.9 Å². The monoisotopic (exact) mass is 467 g/mol. The molecule has 6 rings (SSSR count). The first-order valence-corrected chi connectivity index (χ1v) is 12.5. The zero-order valence-electron chi connectivity index (χ0n) is 19.3. The predicted molar refractivity (Wildman–Crippen MR) is 124 cm³/mol. The fourth-order valence-corrected chi connectivity index (χ4v) is 5.74. The van der Waals surface area contributed by atoms with Crippen molar-refractivity contribution >= 4 is 28.3 Å². The summed E-state index contributed by atoms with van der Waals surface area (Å²) < 4.78 is 26.0. The summed E-state index contributed by atoms with van der Waals surface area (Å²) in [6.07, 6.45) is 6.48. The summed E-state index contributed by atoms with van der Waals surface area (Å²) in [5.74, 6) is -0.271. The molecule has 1 aromatic heterocycles. The molecule has 0 bridgehead atoms. The van der Waals surface area contributed by atoms with Gasteiger partial charge in [0.2, 0.25) is 0 Å². The van der Waals surface area contributed by atoms with E-state index in [0.29, 0.717) is 87.3 Å². The third-order valence-corrected chi connectivity index (χ3v) is 7.85. The highest BCUT2D eigenvalue weighted by Crippen LogP contribution is 2.39. The van der Waals surface area contributed by atoms with Crippen molar-refractivity contribution in [2.75, 3.05) is 44.3 Å². The number of fused-ring (bicyclic) bond motifs is 1. The number of pyridine rings is 1. The number of piperidine rings is 2. The second-order valence-corrected chi connectivity index (χ2v) is 10.0. The lowest BCUT2D eigenvalue weighted by atomic mass is 9.90. The molecule has 34 heavy (non-hydrogen) atoms. The number of Topliss-reactive ketones (excluding diaryl/α,β-unsaturated/α-hetero) is 1. The maximum atomic E-state index is 14.3. The summed E-state index contributed by atoms with van der Waals surface area (Å²) in [6, 6.07) is 4.53. The molecule has 4 aliphatic rings. The molecular weight excluding hydrogens is 437 g/mol. The van der Waals surface area contributed by atoms with Crippen molar-refractivity contribution in [3.8, 4) is 0 Å². The highest BCUT2D eigenvalue weighted by Gasteiger charge is 2.41. The van der Waals surface area contributed by atoms with Crippen LogP contribution in [0.5, 0.6) is 0 Å². The Bertz CT molecular complexity index is 1110. The summed E-state index contributed by atoms with van der Waals surface area (Å²) in [4.78, 5) is 34.6. The van der Waals surface area contributed by atoms with Gasteiger partial charge in [-0.3, -0.25) is 14.6 Å². The lowest BCUT2D eigenvalue weighted by molar-refractivity contribution is -0.169. The maximum absolute atomic E-state index is 14.3. The van der Waals surface area contributed by atoms with Crippen LogP contribution in [0.2, 0.25) is 0 Å². The normalized spacial score (nSPS) is 23.1. The van der Waals surface area contributed by atoms with E-state index in [-0.39, 0.29) is 23.6 Å². The number of anilines is 1. The van der Waals surface area contributed by atoms with Crippen LogP contribution in [-0.4, -0.2) is 66.8 Å². The van der Waals surface area contributed by atoms with E-state index in [1.54, 1.807) is 12.3 Å². The van der Waals surface area contributed by atoms with Crippen molar-refractivity contribution in [2.45, 2.75) is 44.3 Å². The SMILES string of the molecule is O=C(C1CC1)C1CCN(C(=O)c2cnc3ccc(F)cc3c2N2CCC3(CC2)OCCO3)CC1. The Kier molecular flexibility index (Phi) is 5.53. The van der Waals surface area contributed by atoms with E-state index in [0.717, 1.165) is 18.5 Å². The number of rotatable bonds is 4. The second-order valence-electron chi connectivity index (χ2n) is 10.0. The van der Waals surface area contributed by atoms with Crippen molar-refractivity contribution in [3.63, 3.8) is 0 Å². The molecule has 1 saturated carbocycles. The minimum atomic E-state index is -0.537. The summed E-state index contributed by atoms with van der Waals surface area (Å²) in [5.41, 5.74) is 1.89. The van der Waals surface area contributed by atoms with Crippen molar-refractivity contribution in [1.82, 2.24) is 9.88 Å². The Morgan fingerprint density at radius 2 is 1.65 bits per heavy atom. The van der Waals surface area contributed by atoms with Crippen LogP contribution in [0.25, 0.3) is 10.9 Å². The maximum Gasteiger partial charge on any atom is 0.257 e. The Morgan fingerprint density at radius 3 is 2.32 bits per heavy atom. The van der Waals surface area contributed by atoms with Crippen molar-refractivity contribution < 1.29 is 23.5 Å². The van der Waals surface area contributed by atoms with Crippen molar-refractivity contribution in [3.05, 3.63) is 35.8 Å². The minimum absolute atomic E-state index is 0.0736. The molecule has 0 unspecified atom stereocenters. The number of hydrogen-bond acceptors (Lipinski definition) is 6. The third-order valence-electron chi connectivity index (χ3n) is 7.85. The van der Waals surface area contributed by atoms with Gasteiger partial charge < -0.3 is 19.3 Å². The number of amides is 1. The number of ether oxygens (including phenoxy) is 2. The highest BCUT2D eigenvalue weighted by atomic mass is 19.1. The average molecular weight is 468 g/mol. The van der Waals surface area contributed by atoms with E-state index in [4.69, 9.17) is 9.47 Å². The largest absolute Gasteiger partial charge is 0.370 e. The molecule has 1 amide bonds. The molecule has 0 N–H and O–H groups in total. The minimum Gasteiger partial charge on any atom is -0.370 e. The third kappa shape index (κ3) is 3.96. The van der Waals surface area contributed by atoms with E-state index < -0.39 is 5.79 Å². The molecule has 3 saturated heterocycles. The summed E-state index contributed by atoms with van der Waals surface area (Å²) in [6.45, 7) is 3.63. The number of carbonyl (C=O) groups is 2. The predicted octanol–water partition coefficient (Wildman–Crippen LogP) is 3.55. The van der Waals surface area contributed by atoms with E-state index in [1.807, 2.05) is 4.90 Å². The van der Waals surface area contributed by atoms with E-state index >= 15 is 0 Å². The van der Waals surface area contributed by atoms with Gasteiger partial charge >= 0.3 is 0 Å². The molecule has 4 fully saturated rings. The lowest BCUT2D eigenvalue weighted by Crippen LogP contribution is -2.46. The molecular formula is C26H30FN3O4. The van der Waals surface area contributed by atoms with Crippen molar-refractivity contribution in [2.24, 2.45) is 11.8 Å². The van der Waals surface area contributed by atoms with Gasteiger partial charge in [-0.25, -0.2) is 4.39 Å². The fourth-order valence-electron chi connectivity index (χ4n) is 5.74. The van der Waals surface area contributed by atoms with Crippen LogP contribution in [0.15, 0.2) is 24.4 Å². The van der Waals surface area contributed by atoms with Crippen LogP contribution < -0.4 is 4.90 Å². The summed E-state index contributed by atoms with van der Waals surface area (Å²) in [7, 11) is 0. The Morgan fingerprint density at radius 1 is 0.971 bits per heavy atom. The molecule has 1 aliphatic carbocycles. The standard InChI is InChI=1S/C26H30FN3O4/c27-19-3-4-22-20(15-19)23(29-11-7-26(8-12-29)33-13-14-34-26)21(16-28-22)25(32)30-9-5-18(6-10-30)24(31)17-1-2-17/h3-4,15-18H,1-2,5-14H2. The topological polar surface area (TPSA) is 72.0 Å². The van der Waals surface area contributed by atoms with Gasteiger partial charge in [0.1, 0.15) is 11.6 Å². The van der Waals surface area contributed by atoms with Crippen LogP contribution in [0, 0.1) is 17.7 Å². The van der Waals surface area contributed by atoms with Gasteiger partial charge in [-0.2, -0.15) is 0 Å². The van der Waals surface area contributed by atoms with Gasteiger partial charge in [0.25, 0.3) is 5.91 Å². The number of benzene rings is 1. The van der Waals surface area contributed by atoms with Gasteiger partial charge in [-0.1, -0.05) is 0 Å². The summed E-state index contributed by atoms with van der Waals surface area (Å²) in [5, 5.41) is 0.647. The van der Waals surface area contributed by atoms with Gasteiger partial charge in [0, 0.05) is 62.4 Å². The van der Waals surface area contributed by atoms with E-state index in [2.05, 4.69) is 9.88 Å². The number of hydrogen-bond donors (Lipinski definition) is 0. The van der Waals surface area contributed by atoms with E-state index in [9.17, 15) is 14.0 Å². The molecule has 180 valence electrons. The molecule has 0 radical (unpaired) electrons. The number of aromatic nitrogens is 1. The van der Waals surface area contributed by atoms with Gasteiger partial charge in [-0.05, 0) is 43.9 Å². The molecule has 3 aliphatic heterocycles. The Labute approximate surface area is 198 Å². The second kappa shape index (κ2) is 8.57. The molecule has 8 heteroatoms. The fraction of sp³-hybridized carbons (Fsp3) is 0.577. The molecule has 2 aromatic rings. The Balaban J connectivity index is 1.28. The zero-order valence-corrected chi connectivity index (χ0v) is 19.3. The highest BCUT2D eigenvalue weighted by molar-refractivity contribution is 6.07. The Hall–Kier alpha value is -2.58. The first-order valence-electron chi connectivity index (χ1n) is 12.5. The van der Waals surface area contributed by atoms with Crippen LogP contribution in [0.4, 0.5) is 10.1 Å². The first kappa shape index (κ1) is 21.9. The lowest BCUT2D eigenvalue weighted by Gasteiger charge is -2.40. The zero-order chi connectivity index (χ0) is 23.3. The molecule has 7 nitrogen and oxygen atoms in total. The number of ketones is 1.